The summed E-state index contributed by atoms with van der Waals surface area (Å²) in [5.74, 6) is 0.855. The molecule has 0 bridgehead atoms. The molecule has 0 saturated heterocycles. The van der Waals surface area contributed by atoms with E-state index in [1.54, 1.807) is 24.2 Å². The largest absolute Gasteiger partial charge is 0.357 e. The zero-order valence-electron chi connectivity index (χ0n) is 14.2. The zero-order chi connectivity index (χ0) is 16.7. The summed E-state index contributed by atoms with van der Waals surface area (Å²) in [6, 6.07) is 13.3. The van der Waals surface area contributed by atoms with Crippen molar-refractivity contribution in [2.24, 2.45) is 0 Å². The highest BCUT2D eigenvalue weighted by molar-refractivity contribution is 6.06. The fraction of sp³-hybridized carbons (Fsp3) is 0.368. The van der Waals surface area contributed by atoms with Crippen molar-refractivity contribution in [3.05, 3.63) is 54.2 Å². The Balaban J connectivity index is 2.23. The van der Waals surface area contributed by atoms with Gasteiger partial charge < -0.3 is 9.80 Å². The van der Waals surface area contributed by atoms with Crippen LogP contribution in [-0.2, 0) is 0 Å². The maximum atomic E-state index is 12.7. The molecule has 0 spiro atoms. The molecule has 1 heterocycles. The molecule has 23 heavy (non-hydrogen) atoms. The van der Waals surface area contributed by atoms with E-state index < -0.39 is 0 Å². The lowest BCUT2D eigenvalue weighted by molar-refractivity contribution is 0.0993. The quantitative estimate of drug-likeness (QED) is 0.776. The number of amides is 1. The molecule has 0 aliphatic rings. The fourth-order valence-corrected chi connectivity index (χ4v) is 2.57. The smallest absolute Gasteiger partial charge is 0.258 e. The Morgan fingerprint density at radius 3 is 2.30 bits per heavy atom. The van der Waals surface area contributed by atoms with Gasteiger partial charge in [0.2, 0.25) is 0 Å². The Morgan fingerprint density at radius 1 is 1.04 bits per heavy atom. The van der Waals surface area contributed by atoms with Crippen LogP contribution >= 0.6 is 0 Å². The number of rotatable bonds is 7. The number of para-hydroxylation sites is 1. The topological polar surface area (TPSA) is 36.4 Å². The second-order valence-electron chi connectivity index (χ2n) is 5.59. The van der Waals surface area contributed by atoms with Gasteiger partial charge in [0.15, 0.2) is 0 Å². The molecule has 122 valence electrons. The maximum absolute atomic E-state index is 12.7. The van der Waals surface area contributed by atoms with Crippen molar-refractivity contribution in [1.82, 2.24) is 4.98 Å². The molecular formula is C19H25N3O. The first kappa shape index (κ1) is 17.0. The molecule has 0 N–H and O–H groups in total. The summed E-state index contributed by atoms with van der Waals surface area (Å²) in [4.78, 5) is 21.1. The summed E-state index contributed by atoms with van der Waals surface area (Å²) in [6.07, 6.45) is 3.84. The molecule has 4 nitrogen and oxygen atoms in total. The van der Waals surface area contributed by atoms with Gasteiger partial charge in [-0.25, -0.2) is 4.98 Å². The van der Waals surface area contributed by atoms with Crippen LogP contribution in [-0.4, -0.2) is 31.0 Å². The molecule has 1 aromatic carbocycles. The molecule has 0 aliphatic heterocycles. The molecule has 2 rings (SSSR count). The monoisotopic (exact) mass is 311 g/mol. The zero-order valence-corrected chi connectivity index (χ0v) is 14.2. The van der Waals surface area contributed by atoms with Crippen LogP contribution in [0.15, 0.2) is 48.7 Å². The molecule has 1 amide bonds. The van der Waals surface area contributed by atoms with Crippen molar-refractivity contribution >= 4 is 17.4 Å². The van der Waals surface area contributed by atoms with Crippen LogP contribution in [0.2, 0.25) is 0 Å². The Kier molecular flexibility index (Phi) is 6.15. The summed E-state index contributed by atoms with van der Waals surface area (Å²) < 4.78 is 0. The van der Waals surface area contributed by atoms with E-state index >= 15 is 0 Å². The van der Waals surface area contributed by atoms with Gasteiger partial charge in [0, 0.05) is 37.6 Å². The van der Waals surface area contributed by atoms with Gasteiger partial charge in [-0.15, -0.1) is 0 Å². The van der Waals surface area contributed by atoms with E-state index in [2.05, 4.69) is 23.7 Å². The van der Waals surface area contributed by atoms with Crippen molar-refractivity contribution in [3.63, 3.8) is 0 Å². The Bertz CT molecular complexity index is 622. The number of hydrogen-bond donors (Lipinski definition) is 0. The van der Waals surface area contributed by atoms with Crippen LogP contribution in [0.5, 0.6) is 0 Å². The number of carbonyl (C=O) groups excluding carboxylic acids is 1. The van der Waals surface area contributed by atoms with Gasteiger partial charge in [-0.1, -0.05) is 32.0 Å². The number of hydrogen-bond acceptors (Lipinski definition) is 3. The molecule has 4 heteroatoms. The van der Waals surface area contributed by atoms with Crippen molar-refractivity contribution in [2.75, 3.05) is 29.9 Å². The number of pyridine rings is 1. The second kappa shape index (κ2) is 8.32. The number of carbonyl (C=O) groups is 1. The van der Waals surface area contributed by atoms with E-state index in [0.29, 0.717) is 5.56 Å². The third-order valence-corrected chi connectivity index (χ3v) is 3.75. The van der Waals surface area contributed by atoms with E-state index in [-0.39, 0.29) is 5.91 Å². The van der Waals surface area contributed by atoms with E-state index in [9.17, 15) is 4.79 Å². The molecular weight excluding hydrogens is 286 g/mol. The Hall–Kier alpha value is -2.36. The maximum Gasteiger partial charge on any atom is 0.258 e. The van der Waals surface area contributed by atoms with E-state index in [0.717, 1.165) is 37.4 Å². The second-order valence-corrected chi connectivity index (χ2v) is 5.59. The molecule has 0 aliphatic carbocycles. The first-order valence-electron chi connectivity index (χ1n) is 8.21. The Morgan fingerprint density at radius 2 is 1.70 bits per heavy atom. The molecule has 1 aromatic heterocycles. The Labute approximate surface area is 138 Å². The van der Waals surface area contributed by atoms with Crippen LogP contribution in [0.1, 0.15) is 37.0 Å². The first-order chi connectivity index (χ1) is 11.2. The SMILES string of the molecule is CCCN(CCC)c1cc(C(=O)N(C)c2ccccc2)ccn1. The minimum atomic E-state index is -0.0206. The summed E-state index contributed by atoms with van der Waals surface area (Å²) in [5.41, 5.74) is 1.55. The predicted molar refractivity (Wildman–Crippen MR) is 96.2 cm³/mol. The summed E-state index contributed by atoms with van der Waals surface area (Å²) in [7, 11) is 1.80. The predicted octanol–water partition coefficient (Wildman–Crippen LogP) is 3.98. The third-order valence-electron chi connectivity index (χ3n) is 3.75. The minimum absolute atomic E-state index is 0.0206. The van der Waals surface area contributed by atoms with Gasteiger partial charge in [0.05, 0.1) is 0 Å². The lowest BCUT2D eigenvalue weighted by atomic mass is 10.2. The summed E-state index contributed by atoms with van der Waals surface area (Å²) in [6.45, 7) is 6.21. The molecule has 0 atom stereocenters. The van der Waals surface area contributed by atoms with Crippen molar-refractivity contribution in [1.29, 1.82) is 0 Å². The average Bonchev–Trinajstić information content (AvgIpc) is 2.61. The molecule has 0 fully saturated rings. The standard InChI is InChI=1S/C19H25N3O/c1-4-13-22(14-5-2)18-15-16(11-12-20-18)19(23)21(3)17-9-7-6-8-10-17/h6-12,15H,4-5,13-14H2,1-3H3. The highest BCUT2D eigenvalue weighted by Crippen LogP contribution is 2.18. The van der Waals surface area contributed by atoms with Crippen LogP contribution < -0.4 is 9.80 Å². The normalized spacial score (nSPS) is 10.4. The lowest BCUT2D eigenvalue weighted by Gasteiger charge is -2.23. The number of anilines is 2. The highest BCUT2D eigenvalue weighted by atomic mass is 16.2. The first-order valence-corrected chi connectivity index (χ1v) is 8.21. The van der Waals surface area contributed by atoms with Crippen LogP contribution in [0.25, 0.3) is 0 Å². The van der Waals surface area contributed by atoms with Crippen molar-refractivity contribution in [2.45, 2.75) is 26.7 Å². The van der Waals surface area contributed by atoms with Crippen LogP contribution in [0, 0.1) is 0 Å². The van der Waals surface area contributed by atoms with Gasteiger partial charge in [-0.05, 0) is 37.1 Å². The number of benzene rings is 1. The molecule has 0 radical (unpaired) electrons. The lowest BCUT2D eigenvalue weighted by Crippen LogP contribution is -2.28. The third kappa shape index (κ3) is 4.31. The van der Waals surface area contributed by atoms with Gasteiger partial charge in [-0.3, -0.25) is 4.79 Å². The summed E-state index contributed by atoms with van der Waals surface area (Å²) >= 11 is 0. The van der Waals surface area contributed by atoms with E-state index in [1.165, 1.54) is 0 Å². The molecule has 2 aromatic rings. The van der Waals surface area contributed by atoms with Gasteiger partial charge in [-0.2, -0.15) is 0 Å². The summed E-state index contributed by atoms with van der Waals surface area (Å²) in [5, 5.41) is 0. The van der Waals surface area contributed by atoms with E-state index in [4.69, 9.17) is 0 Å². The minimum Gasteiger partial charge on any atom is -0.357 e. The van der Waals surface area contributed by atoms with Gasteiger partial charge in [0.1, 0.15) is 5.82 Å². The van der Waals surface area contributed by atoms with E-state index in [1.807, 2.05) is 36.4 Å². The van der Waals surface area contributed by atoms with Crippen molar-refractivity contribution < 1.29 is 4.79 Å². The highest BCUT2D eigenvalue weighted by Gasteiger charge is 2.15. The number of aromatic nitrogens is 1. The fourth-order valence-electron chi connectivity index (χ4n) is 2.57. The molecule has 0 unspecified atom stereocenters. The molecule has 0 saturated carbocycles. The van der Waals surface area contributed by atoms with Crippen LogP contribution in [0.3, 0.4) is 0 Å². The van der Waals surface area contributed by atoms with Crippen LogP contribution in [0.4, 0.5) is 11.5 Å². The van der Waals surface area contributed by atoms with Gasteiger partial charge >= 0.3 is 0 Å². The van der Waals surface area contributed by atoms with Gasteiger partial charge in [0.25, 0.3) is 5.91 Å². The average molecular weight is 311 g/mol. The van der Waals surface area contributed by atoms with Crippen molar-refractivity contribution in [3.8, 4) is 0 Å². The number of nitrogens with zero attached hydrogens (tertiary/aromatic N) is 3.